The SMILES string of the molecule is C[C@@H](Sc1nnc(-c2ccccc2Cl)n1N)c1ccc(F)cc1. The summed E-state index contributed by atoms with van der Waals surface area (Å²) in [7, 11) is 0. The molecule has 2 N–H and O–H groups in total. The molecule has 4 nitrogen and oxygen atoms in total. The molecule has 3 rings (SSSR count). The first-order valence-corrected chi connectivity index (χ1v) is 8.19. The molecule has 0 bridgehead atoms. The van der Waals surface area contributed by atoms with Gasteiger partial charge in [-0.2, -0.15) is 0 Å². The minimum Gasteiger partial charge on any atom is -0.335 e. The van der Waals surface area contributed by atoms with Gasteiger partial charge in [0.25, 0.3) is 0 Å². The molecule has 0 aliphatic heterocycles. The monoisotopic (exact) mass is 348 g/mol. The van der Waals surface area contributed by atoms with E-state index in [-0.39, 0.29) is 11.1 Å². The first-order chi connectivity index (χ1) is 11.1. The van der Waals surface area contributed by atoms with Crippen LogP contribution in [0.2, 0.25) is 5.02 Å². The van der Waals surface area contributed by atoms with Crippen molar-refractivity contribution in [2.45, 2.75) is 17.3 Å². The van der Waals surface area contributed by atoms with Gasteiger partial charge in [0, 0.05) is 10.8 Å². The molecule has 23 heavy (non-hydrogen) atoms. The van der Waals surface area contributed by atoms with Crippen LogP contribution < -0.4 is 5.84 Å². The molecule has 0 radical (unpaired) electrons. The topological polar surface area (TPSA) is 56.7 Å². The van der Waals surface area contributed by atoms with Crippen LogP contribution in [0.5, 0.6) is 0 Å². The molecule has 0 saturated heterocycles. The van der Waals surface area contributed by atoms with Crippen molar-refractivity contribution in [1.29, 1.82) is 0 Å². The lowest BCUT2D eigenvalue weighted by Crippen LogP contribution is -2.12. The van der Waals surface area contributed by atoms with Crippen LogP contribution in [0.3, 0.4) is 0 Å². The van der Waals surface area contributed by atoms with Crippen molar-refractivity contribution in [3.63, 3.8) is 0 Å². The lowest BCUT2D eigenvalue weighted by atomic mass is 10.2. The number of nitrogen functional groups attached to an aromatic ring is 1. The average molecular weight is 349 g/mol. The number of rotatable bonds is 4. The molecule has 2 aromatic carbocycles. The maximum absolute atomic E-state index is 13.0. The van der Waals surface area contributed by atoms with Crippen LogP contribution >= 0.6 is 23.4 Å². The molecule has 0 spiro atoms. The fourth-order valence-electron chi connectivity index (χ4n) is 2.14. The van der Waals surface area contributed by atoms with E-state index in [0.717, 1.165) is 11.1 Å². The van der Waals surface area contributed by atoms with Crippen LogP contribution in [0, 0.1) is 5.82 Å². The molecule has 0 aliphatic rings. The second-order valence-corrected chi connectivity index (χ2v) is 6.68. The number of nitrogens with two attached hydrogens (primary N) is 1. The van der Waals surface area contributed by atoms with Crippen LogP contribution in [0.15, 0.2) is 53.7 Å². The molecule has 0 aliphatic carbocycles. The van der Waals surface area contributed by atoms with Crippen molar-refractivity contribution in [3.8, 4) is 11.4 Å². The highest BCUT2D eigenvalue weighted by atomic mass is 35.5. The summed E-state index contributed by atoms with van der Waals surface area (Å²) in [6, 6.07) is 13.7. The Balaban J connectivity index is 1.85. The molecule has 0 unspecified atom stereocenters. The van der Waals surface area contributed by atoms with Crippen molar-refractivity contribution in [3.05, 3.63) is 64.9 Å². The lowest BCUT2D eigenvalue weighted by molar-refractivity contribution is 0.627. The standard InChI is InChI=1S/C16H14ClFN4S/c1-10(11-6-8-12(18)9-7-11)23-16-21-20-15(22(16)19)13-4-2-3-5-14(13)17/h2-10H,19H2,1H3/t10-/m1/s1. The van der Waals surface area contributed by atoms with E-state index in [0.29, 0.717) is 16.0 Å². The Bertz CT molecular complexity index is 819. The van der Waals surface area contributed by atoms with E-state index in [4.69, 9.17) is 17.4 Å². The van der Waals surface area contributed by atoms with E-state index in [1.165, 1.54) is 28.6 Å². The third-order valence-electron chi connectivity index (χ3n) is 3.40. The number of hydrogen-bond acceptors (Lipinski definition) is 4. The van der Waals surface area contributed by atoms with E-state index >= 15 is 0 Å². The highest BCUT2D eigenvalue weighted by molar-refractivity contribution is 7.99. The van der Waals surface area contributed by atoms with E-state index in [9.17, 15) is 4.39 Å². The maximum Gasteiger partial charge on any atom is 0.210 e. The molecule has 1 heterocycles. The van der Waals surface area contributed by atoms with Gasteiger partial charge in [-0.05, 0) is 36.8 Å². The van der Waals surface area contributed by atoms with Crippen molar-refractivity contribution in [2.24, 2.45) is 0 Å². The van der Waals surface area contributed by atoms with Gasteiger partial charge in [-0.25, -0.2) is 9.07 Å². The molecule has 3 aromatic rings. The third kappa shape index (κ3) is 3.33. The Morgan fingerprint density at radius 3 is 2.52 bits per heavy atom. The summed E-state index contributed by atoms with van der Waals surface area (Å²) in [6.45, 7) is 2.00. The van der Waals surface area contributed by atoms with E-state index in [2.05, 4.69) is 10.2 Å². The molecule has 1 atom stereocenters. The van der Waals surface area contributed by atoms with Crippen LogP contribution in [0.25, 0.3) is 11.4 Å². The van der Waals surface area contributed by atoms with Gasteiger partial charge in [0.15, 0.2) is 5.82 Å². The zero-order chi connectivity index (χ0) is 16.4. The first kappa shape index (κ1) is 15.8. The maximum atomic E-state index is 13.0. The van der Waals surface area contributed by atoms with Crippen molar-refractivity contribution >= 4 is 23.4 Å². The summed E-state index contributed by atoms with van der Waals surface area (Å²) in [5.74, 6) is 6.36. The molecule has 1 aromatic heterocycles. The Morgan fingerprint density at radius 1 is 1.13 bits per heavy atom. The largest absolute Gasteiger partial charge is 0.335 e. The summed E-state index contributed by atoms with van der Waals surface area (Å²) in [6.07, 6.45) is 0. The van der Waals surface area contributed by atoms with Crippen LogP contribution in [0.1, 0.15) is 17.7 Å². The van der Waals surface area contributed by atoms with Crippen molar-refractivity contribution in [1.82, 2.24) is 14.9 Å². The minimum atomic E-state index is -0.256. The zero-order valence-electron chi connectivity index (χ0n) is 12.3. The second-order valence-electron chi connectivity index (χ2n) is 4.97. The zero-order valence-corrected chi connectivity index (χ0v) is 13.9. The van der Waals surface area contributed by atoms with Gasteiger partial charge in [-0.1, -0.05) is 47.6 Å². The third-order valence-corrected chi connectivity index (χ3v) is 4.85. The fourth-order valence-corrected chi connectivity index (χ4v) is 3.26. The number of thioether (sulfide) groups is 1. The van der Waals surface area contributed by atoms with Crippen LogP contribution in [-0.4, -0.2) is 14.9 Å². The predicted octanol–water partition coefficient (Wildman–Crippen LogP) is 4.30. The summed E-state index contributed by atoms with van der Waals surface area (Å²) >= 11 is 7.63. The Kier molecular flexibility index (Phi) is 4.54. The van der Waals surface area contributed by atoms with Crippen molar-refractivity contribution in [2.75, 3.05) is 5.84 Å². The Morgan fingerprint density at radius 2 is 1.83 bits per heavy atom. The van der Waals surface area contributed by atoms with Crippen molar-refractivity contribution < 1.29 is 4.39 Å². The van der Waals surface area contributed by atoms with E-state index in [1.54, 1.807) is 18.2 Å². The molecule has 118 valence electrons. The fraction of sp³-hybridized carbons (Fsp3) is 0.125. The molecular formula is C16H14ClFN4S. The first-order valence-electron chi connectivity index (χ1n) is 6.94. The van der Waals surface area contributed by atoms with Gasteiger partial charge in [0.1, 0.15) is 5.82 Å². The molecular weight excluding hydrogens is 335 g/mol. The molecule has 7 heteroatoms. The lowest BCUT2D eigenvalue weighted by Gasteiger charge is -2.11. The second kappa shape index (κ2) is 6.60. The summed E-state index contributed by atoms with van der Waals surface area (Å²) in [4.78, 5) is 0. The van der Waals surface area contributed by atoms with Crippen LogP contribution in [-0.2, 0) is 0 Å². The summed E-state index contributed by atoms with van der Waals surface area (Å²) in [5, 5.41) is 9.45. The smallest absolute Gasteiger partial charge is 0.210 e. The van der Waals surface area contributed by atoms with Gasteiger partial charge >= 0.3 is 0 Å². The van der Waals surface area contributed by atoms with E-state index < -0.39 is 0 Å². The number of nitrogens with zero attached hydrogens (tertiary/aromatic N) is 3. The molecule has 0 fully saturated rings. The van der Waals surface area contributed by atoms with Gasteiger partial charge in [0.2, 0.25) is 5.16 Å². The number of aromatic nitrogens is 3. The highest BCUT2D eigenvalue weighted by Crippen LogP contribution is 2.35. The molecule has 0 saturated carbocycles. The predicted molar refractivity (Wildman–Crippen MR) is 91.3 cm³/mol. The van der Waals surface area contributed by atoms with Crippen LogP contribution in [0.4, 0.5) is 4.39 Å². The summed E-state index contributed by atoms with van der Waals surface area (Å²) < 4.78 is 14.4. The highest BCUT2D eigenvalue weighted by Gasteiger charge is 2.17. The van der Waals surface area contributed by atoms with Gasteiger partial charge in [0.05, 0.1) is 5.02 Å². The van der Waals surface area contributed by atoms with Gasteiger partial charge in [-0.15, -0.1) is 10.2 Å². The van der Waals surface area contributed by atoms with E-state index in [1.807, 2.05) is 25.1 Å². The number of benzene rings is 2. The number of hydrogen-bond donors (Lipinski definition) is 1. The summed E-state index contributed by atoms with van der Waals surface area (Å²) in [5.41, 5.74) is 1.71. The van der Waals surface area contributed by atoms with Gasteiger partial charge in [-0.3, -0.25) is 0 Å². The quantitative estimate of drug-likeness (QED) is 0.564. The average Bonchev–Trinajstić information content (AvgIpc) is 2.89. The Labute approximate surface area is 142 Å². The van der Waals surface area contributed by atoms with Gasteiger partial charge < -0.3 is 5.84 Å². The number of halogens is 2. The minimum absolute atomic E-state index is 0.0567. The molecule has 0 amide bonds. The normalized spacial score (nSPS) is 12.3. The Hall–Kier alpha value is -2.05.